The minimum absolute atomic E-state index is 0.152. The number of amides is 1. The second-order valence-electron chi connectivity index (χ2n) is 4.80. The van der Waals surface area contributed by atoms with Crippen LogP contribution in [-0.2, 0) is 11.2 Å². The highest BCUT2D eigenvalue weighted by Gasteiger charge is 2.27. The number of carbonyl (C=O) groups is 1. The average Bonchev–Trinajstić information content (AvgIpc) is 2.69. The maximum Gasteiger partial charge on any atom is 0.236 e. The Morgan fingerprint density at radius 3 is 2.56 bits per heavy atom. The lowest BCUT2D eigenvalue weighted by atomic mass is 10.1. The number of nitrogens with zero attached hydrogens (tertiary/aromatic N) is 1. The van der Waals surface area contributed by atoms with E-state index in [1.807, 2.05) is 35.2 Å². The molecule has 0 aliphatic carbocycles. The highest BCUT2D eigenvalue weighted by Crippen LogP contribution is 2.35. The second-order valence-corrected chi connectivity index (χ2v) is 4.80. The summed E-state index contributed by atoms with van der Waals surface area (Å²) >= 11 is 0. The first kappa shape index (κ1) is 11.0. The number of rotatable bonds is 1. The molecule has 0 saturated carbocycles. The van der Waals surface area contributed by atoms with Crippen molar-refractivity contribution in [1.82, 2.24) is 0 Å². The van der Waals surface area contributed by atoms with Gasteiger partial charge < -0.3 is 0 Å². The number of fused-ring (bicyclic) bond motifs is 1. The third-order valence-electron chi connectivity index (χ3n) is 3.57. The van der Waals surface area contributed by atoms with Gasteiger partial charge in [-0.15, -0.1) is 0 Å². The predicted octanol–water partition coefficient (Wildman–Crippen LogP) is 3.52. The first-order chi connectivity index (χ1) is 8.66. The summed E-state index contributed by atoms with van der Waals surface area (Å²) in [5.74, 6) is 0.152. The standard InChI is InChI=1S/C16H15NO/c1-11-7-8-14(9-12(11)2)17-15-6-4-3-5-13(15)10-16(17)18/h3-9H,10H2,1-2H3. The van der Waals surface area contributed by atoms with E-state index >= 15 is 0 Å². The van der Waals surface area contributed by atoms with Crippen molar-refractivity contribution in [3.8, 4) is 0 Å². The Morgan fingerprint density at radius 1 is 1.00 bits per heavy atom. The zero-order valence-electron chi connectivity index (χ0n) is 10.6. The van der Waals surface area contributed by atoms with E-state index < -0.39 is 0 Å². The number of para-hydroxylation sites is 1. The monoisotopic (exact) mass is 237 g/mol. The van der Waals surface area contributed by atoms with E-state index in [1.54, 1.807) is 0 Å². The molecule has 90 valence electrons. The van der Waals surface area contributed by atoms with Crippen molar-refractivity contribution in [3.05, 3.63) is 59.2 Å². The molecule has 2 aromatic carbocycles. The molecule has 1 heterocycles. The Hall–Kier alpha value is -2.09. The number of carbonyl (C=O) groups excluding carboxylic acids is 1. The molecule has 0 spiro atoms. The van der Waals surface area contributed by atoms with Crippen LogP contribution in [0.1, 0.15) is 16.7 Å². The molecule has 1 aliphatic heterocycles. The summed E-state index contributed by atoms with van der Waals surface area (Å²) in [7, 11) is 0. The van der Waals surface area contributed by atoms with Gasteiger partial charge in [-0.1, -0.05) is 24.3 Å². The topological polar surface area (TPSA) is 20.3 Å². The summed E-state index contributed by atoms with van der Waals surface area (Å²) < 4.78 is 0. The van der Waals surface area contributed by atoms with Gasteiger partial charge in [0.2, 0.25) is 5.91 Å². The Kier molecular flexibility index (Phi) is 2.44. The fourth-order valence-electron chi connectivity index (χ4n) is 2.40. The third-order valence-corrected chi connectivity index (χ3v) is 3.57. The van der Waals surface area contributed by atoms with Gasteiger partial charge in [0, 0.05) is 5.69 Å². The SMILES string of the molecule is Cc1ccc(N2C(=O)Cc3ccccc32)cc1C. The number of hydrogen-bond donors (Lipinski definition) is 0. The van der Waals surface area contributed by atoms with Crippen molar-refractivity contribution in [3.63, 3.8) is 0 Å². The average molecular weight is 237 g/mol. The largest absolute Gasteiger partial charge is 0.280 e. The lowest BCUT2D eigenvalue weighted by molar-refractivity contribution is -0.116. The quantitative estimate of drug-likeness (QED) is 0.743. The van der Waals surface area contributed by atoms with Gasteiger partial charge in [-0.2, -0.15) is 0 Å². The fourth-order valence-corrected chi connectivity index (χ4v) is 2.40. The zero-order chi connectivity index (χ0) is 12.7. The molecule has 1 aliphatic rings. The fraction of sp³-hybridized carbons (Fsp3) is 0.188. The molecular weight excluding hydrogens is 222 g/mol. The number of aryl methyl sites for hydroxylation is 2. The molecule has 0 aromatic heterocycles. The molecule has 0 unspecified atom stereocenters. The van der Waals surface area contributed by atoms with E-state index in [0.29, 0.717) is 6.42 Å². The smallest absolute Gasteiger partial charge is 0.236 e. The van der Waals surface area contributed by atoms with Crippen molar-refractivity contribution in [2.75, 3.05) is 4.90 Å². The predicted molar refractivity (Wildman–Crippen MR) is 73.2 cm³/mol. The Bertz CT molecular complexity index is 631. The molecule has 0 fully saturated rings. The van der Waals surface area contributed by atoms with Crippen molar-refractivity contribution in [2.24, 2.45) is 0 Å². The van der Waals surface area contributed by atoms with Gasteiger partial charge >= 0.3 is 0 Å². The van der Waals surface area contributed by atoms with E-state index in [-0.39, 0.29) is 5.91 Å². The summed E-state index contributed by atoms with van der Waals surface area (Å²) in [6.45, 7) is 4.16. The first-order valence-electron chi connectivity index (χ1n) is 6.15. The highest BCUT2D eigenvalue weighted by atomic mass is 16.2. The van der Waals surface area contributed by atoms with Crippen molar-refractivity contribution in [1.29, 1.82) is 0 Å². The maximum atomic E-state index is 12.2. The van der Waals surface area contributed by atoms with Gasteiger partial charge in [-0.3, -0.25) is 9.69 Å². The van der Waals surface area contributed by atoms with Crippen LogP contribution in [0.3, 0.4) is 0 Å². The Morgan fingerprint density at radius 2 is 1.78 bits per heavy atom. The van der Waals surface area contributed by atoms with Crippen LogP contribution in [0.2, 0.25) is 0 Å². The van der Waals surface area contributed by atoms with Crippen molar-refractivity contribution >= 4 is 17.3 Å². The van der Waals surface area contributed by atoms with Crippen LogP contribution in [0, 0.1) is 13.8 Å². The van der Waals surface area contributed by atoms with Crippen LogP contribution in [0.4, 0.5) is 11.4 Å². The van der Waals surface area contributed by atoms with Gasteiger partial charge in [0.15, 0.2) is 0 Å². The summed E-state index contributed by atoms with van der Waals surface area (Å²) in [6, 6.07) is 14.2. The second kappa shape index (κ2) is 3.98. The molecular formula is C16H15NO. The van der Waals surface area contributed by atoms with Crippen LogP contribution in [0.5, 0.6) is 0 Å². The zero-order valence-corrected chi connectivity index (χ0v) is 10.6. The number of hydrogen-bond acceptors (Lipinski definition) is 1. The summed E-state index contributed by atoms with van der Waals surface area (Å²) in [5.41, 5.74) is 5.56. The van der Waals surface area contributed by atoms with Crippen LogP contribution in [0.15, 0.2) is 42.5 Å². The molecule has 2 aromatic rings. The van der Waals surface area contributed by atoms with Crippen molar-refractivity contribution < 1.29 is 4.79 Å². The van der Waals surface area contributed by atoms with Gasteiger partial charge in [0.25, 0.3) is 0 Å². The molecule has 0 saturated heterocycles. The van der Waals surface area contributed by atoms with Gasteiger partial charge in [0.1, 0.15) is 0 Å². The van der Waals surface area contributed by atoms with E-state index in [2.05, 4.69) is 26.0 Å². The summed E-state index contributed by atoms with van der Waals surface area (Å²) in [6.07, 6.45) is 0.503. The minimum atomic E-state index is 0.152. The summed E-state index contributed by atoms with van der Waals surface area (Å²) in [4.78, 5) is 14.0. The van der Waals surface area contributed by atoms with Gasteiger partial charge in [-0.25, -0.2) is 0 Å². The van der Waals surface area contributed by atoms with Crippen molar-refractivity contribution in [2.45, 2.75) is 20.3 Å². The molecule has 1 amide bonds. The van der Waals surface area contributed by atoms with E-state index in [0.717, 1.165) is 16.9 Å². The Balaban J connectivity index is 2.11. The summed E-state index contributed by atoms with van der Waals surface area (Å²) in [5, 5.41) is 0. The molecule has 0 radical (unpaired) electrons. The van der Waals surface area contributed by atoms with Crippen LogP contribution in [-0.4, -0.2) is 5.91 Å². The lowest BCUT2D eigenvalue weighted by Crippen LogP contribution is -2.20. The normalized spacial score (nSPS) is 13.9. The molecule has 18 heavy (non-hydrogen) atoms. The number of anilines is 2. The van der Waals surface area contributed by atoms with Crippen LogP contribution < -0.4 is 4.90 Å². The van der Waals surface area contributed by atoms with Crippen LogP contribution >= 0.6 is 0 Å². The molecule has 2 heteroatoms. The van der Waals surface area contributed by atoms with E-state index in [9.17, 15) is 4.79 Å². The number of benzene rings is 2. The lowest BCUT2D eigenvalue weighted by Gasteiger charge is -2.18. The molecule has 2 nitrogen and oxygen atoms in total. The van der Waals surface area contributed by atoms with Gasteiger partial charge in [0.05, 0.1) is 12.1 Å². The van der Waals surface area contributed by atoms with Crippen LogP contribution in [0.25, 0.3) is 0 Å². The molecule has 0 atom stereocenters. The van der Waals surface area contributed by atoms with Gasteiger partial charge in [-0.05, 0) is 48.7 Å². The maximum absolute atomic E-state index is 12.2. The molecule has 3 rings (SSSR count). The van der Waals surface area contributed by atoms with E-state index in [1.165, 1.54) is 11.1 Å². The Labute approximate surface area is 107 Å². The van der Waals surface area contributed by atoms with E-state index in [4.69, 9.17) is 0 Å². The highest BCUT2D eigenvalue weighted by molar-refractivity contribution is 6.07. The molecule has 0 bridgehead atoms. The molecule has 0 N–H and O–H groups in total. The third kappa shape index (κ3) is 1.61. The first-order valence-corrected chi connectivity index (χ1v) is 6.15. The minimum Gasteiger partial charge on any atom is -0.280 e.